The topological polar surface area (TPSA) is 58.2 Å². The van der Waals surface area contributed by atoms with E-state index >= 15 is 0 Å². The molecular formula is C20H30N2O2. The number of carbonyl (C=O) groups excluding carboxylic acids is 2. The van der Waals surface area contributed by atoms with Crippen LogP contribution >= 0.6 is 0 Å². The van der Waals surface area contributed by atoms with Gasteiger partial charge in [0.2, 0.25) is 11.8 Å². The van der Waals surface area contributed by atoms with Gasteiger partial charge >= 0.3 is 0 Å². The first-order chi connectivity index (χ1) is 11.6. The van der Waals surface area contributed by atoms with Crippen molar-refractivity contribution >= 4 is 11.8 Å². The summed E-state index contributed by atoms with van der Waals surface area (Å²) in [6, 6.07) is 10.4. The number of hydrogen-bond donors (Lipinski definition) is 2. The Kier molecular flexibility index (Phi) is 7.29. The highest BCUT2D eigenvalue weighted by Gasteiger charge is 2.30. The second-order valence-electron chi connectivity index (χ2n) is 6.89. The smallest absolute Gasteiger partial charge is 0.223 e. The third-order valence-corrected chi connectivity index (χ3v) is 5.03. The van der Waals surface area contributed by atoms with Crippen molar-refractivity contribution in [2.45, 2.75) is 58.4 Å². The van der Waals surface area contributed by atoms with E-state index in [0.29, 0.717) is 6.54 Å². The molecule has 1 fully saturated rings. The molecule has 4 nitrogen and oxygen atoms in total. The maximum Gasteiger partial charge on any atom is 0.223 e. The van der Waals surface area contributed by atoms with E-state index in [-0.39, 0.29) is 29.7 Å². The van der Waals surface area contributed by atoms with Crippen molar-refractivity contribution in [3.63, 3.8) is 0 Å². The van der Waals surface area contributed by atoms with E-state index in [2.05, 4.69) is 29.7 Å². The van der Waals surface area contributed by atoms with Crippen LogP contribution < -0.4 is 10.6 Å². The van der Waals surface area contributed by atoms with Crippen LogP contribution in [0.15, 0.2) is 30.3 Å². The van der Waals surface area contributed by atoms with E-state index in [1.165, 1.54) is 5.56 Å². The maximum absolute atomic E-state index is 12.3. The van der Waals surface area contributed by atoms with Crippen molar-refractivity contribution < 1.29 is 9.59 Å². The number of nitrogens with one attached hydrogen (secondary N) is 2. The number of benzene rings is 1. The molecule has 1 atom stereocenters. The zero-order chi connectivity index (χ0) is 17.4. The Morgan fingerprint density at radius 2 is 1.62 bits per heavy atom. The molecule has 1 aliphatic rings. The third kappa shape index (κ3) is 5.66. The van der Waals surface area contributed by atoms with Crippen LogP contribution in [-0.4, -0.2) is 24.4 Å². The van der Waals surface area contributed by atoms with Gasteiger partial charge < -0.3 is 10.6 Å². The summed E-state index contributed by atoms with van der Waals surface area (Å²) in [6.45, 7) is 4.78. The first kappa shape index (κ1) is 18.5. The van der Waals surface area contributed by atoms with Crippen molar-refractivity contribution in [1.82, 2.24) is 10.6 Å². The van der Waals surface area contributed by atoms with Gasteiger partial charge in [0.25, 0.3) is 0 Å². The van der Waals surface area contributed by atoms with E-state index in [1.807, 2.05) is 25.1 Å². The van der Waals surface area contributed by atoms with E-state index in [1.54, 1.807) is 0 Å². The van der Waals surface area contributed by atoms with E-state index in [0.717, 1.165) is 38.5 Å². The molecule has 2 amide bonds. The molecule has 0 heterocycles. The second kappa shape index (κ2) is 9.45. The maximum atomic E-state index is 12.3. The van der Waals surface area contributed by atoms with Gasteiger partial charge in [-0.3, -0.25) is 9.59 Å². The molecule has 1 saturated carbocycles. The van der Waals surface area contributed by atoms with Crippen LogP contribution in [0.2, 0.25) is 0 Å². The Morgan fingerprint density at radius 1 is 1.04 bits per heavy atom. The van der Waals surface area contributed by atoms with Crippen LogP contribution in [0.4, 0.5) is 0 Å². The van der Waals surface area contributed by atoms with Crippen LogP contribution in [0.1, 0.15) is 51.5 Å². The quantitative estimate of drug-likeness (QED) is 0.807. The lowest BCUT2D eigenvalue weighted by Crippen LogP contribution is -2.40. The minimum atomic E-state index is 0.0634. The molecule has 0 spiro atoms. The molecule has 1 aromatic carbocycles. The first-order valence-electron chi connectivity index (χ1n) is 9.22. The minimum absolute atomic E-state index is 0.0634. The number of carbonyl (C=O) groups is 2. The van der Waals surface area contributed by atoms with Crippen molar-refractivity contribution in [1.29, 1.82) is 0 Å². The average molecular weight is 330 g/mol. The van der Waals surface area contributed by atoms with Crippen molar-refractivity contribution in [2.75, 3.05) is 6.54 Å². The molecule has 2 N–H and O–H groups in total. The zero-order valence-corrected chi connectivity index (χ0v) is 14.9. The predicted octanol–water partition coefficient (Wildman–Crippen LogP) is 3.07. The first-order valence-corrected chi connectivity index (χ1v) is 9.22. The molecule has 1 aromatic rings. The lowest BCUT2D eigenvalue weighted by molar-refractivity contribution is -0.130. The van der Waals surface area contributed by atoms with Gasteiger partial charge in [-0.2, -0.15) is 0 Å². The highest BCUT2D eigenvalue weighted by Crippen LogP contribution is 2.29. The molecule has 132 valence electrons. The highest BCUT2D eigenvalue weighted by atomic mass is 16.2. The molecular weight excluding hydrogens is 300 g/mol. The molecule has 1 unspecified atom stereocenters. The number of amides is 2. The van der Waals surface area contributed by atoms with Crippen LogP contribution in [0.5, 0.6) is 0 Å². The molecule has 2 rings (SSSR count). The summed E-state index contributed by atoms with van der Waals surface area (Å²) in [4.78, 5) is 24.4. The molecule has 0 aromatic heterocycles. The van der Waals surface area contributed by atoms with Crippen LogP contribution in [0.3, 0.4) is 0 Å². The lowest BCUT2D eigenvalue weighted by Gasteiger charge is -2.28. The summed E-state index contributed by atoms with van der Waals surface area (Å²) >= 11 is 0. The molecule has 0 bridgehead atoms. The average Bonchev–Trinajstić information content (AvgIpc) is 2.62. The fraction of sp³-hybridized carbons (Fsp3) is 0.600. The molecule has 1 aliphatic carbocycles. The van der Waals surface area contributed by atoms with E-state index < -0.39 is 0 Å². The zero-order valence-electron chi connectivity index (χ0n) is 14.9. The number of rotatable bonds is 7. The monoisotopic (exact) mass is 330 g/mol. The Morgan fingerprint density at radius 3 is 2.21 bits per heavy atom. The SMILES string of the molecule is CCC(C)NC(=O)C1CCC(C(=O)NCCc2ccccc2)CC1. The van der Waals surface area contributed by atoms with Gasteiger partial charge in [-0.05, 0) is 51.0 Å². The molecule has 0 radical (unpaired) electrons. The van der Waals surface area contributed by atoms with Gasteiger partial charge in [0.1, 0.15) is 0 Å². The lowest BCUT2D eigenvalue weighted by atomic mass is 9.81. The predicted molar refractivity (Wildman–Crippen MR) is 96.5 cm³/mol. The molecule has 4 heteroatoms. The summed E-state index contributed by atoms with van der Waals surface area (Å²) in [5.74, 6) is 0.444. The number of hydrogen-bond acceptors (Lipinski definition) is 2. The van der Waals surface area contributed by atoms with Crippen molar-refractivity contribution in [3.05, 3.63) is 35.9 Å². The fourth-order valence-corrected chi connectivity index (χ4v) is 3.20. The summed E-state index contributed by atoms with van der Waals surface area (Å²) in [6.07, 6.45) is 5.08. The molecule has 24 heavy (non-hydrogen) atoms. The van der Waals surface area contributed by atoms with Gasteiger partial charge in [-0.1, -0.05) is 37.3 Å². The summed E-state index contributed by atoms with van der Waals surface area (Å²) in [5.41, 5.74) is 1.24. The normalized spacial score (nSPS) is 21.8. The summed E-state index contributed by atoms with van der Waals surface area (Å²) in [7, 11) is 0. The van der Waals surface area contributed by atoms with Crippen LogP contribution in [0, 0.1) is 11.8 Å². The Hall–Kier alpha value is -1.84. The molecule has 0 saturated heterocycles. The van der Waals surface area contributed by atoms with Gasteiger partial charge in [0.05, 0.1) is 0 Å². The Labute approximate surface area is 145 Å². The van der Waals surface area contributed by atoms with Gasteiger partial charge in [0.15, 0.2) is 0 Å². The summed E-state index contributed by atoms with van der Waals surface area (Å²) in [5, 5.41) is 6.10. The van der Waals surface area contributed by atoms with Crippen molar-refractivity contribution in [3.8, 4) is 0 Å². The summed E-state index contributed by atoms with van der Waals surface area (Å²) < 4.78 is 0. The fourth-order valence-electron chi connectivity index (χ4n) is 3.20. The Bertz CT molecular complexity index is 522. The van der Waals surface area contributed by atoms with E-state index in [4.69, 9.17) is 0 Å². The van der Waals surface area contributed by atoms with Gasteiger partial charge in [-0.25, -0.2) is 0 Å². The minimum Gasteiger partial charge on any atom is -0.356 e. The van der Waals surface area contributed by atoms with Gasteiger partial charge in [-0.15, -0.1) is 0 Å². The highest BCUT2D eigenvalue weighted by molar-refractivity contribution is 5.81. The second-order valence-corrected chi connectivity index (χ2v) is 6.89. The third-order valence-electron chi connectivity index (χ3n) is 5.03. The van der Waals surface area contributed by atoms with Crippen LogP contribution in [0.25, 0.3) is 0 Å². The van der Waals surface area contributed by atoms with Crippen molar-refractivity contribution in [2.24, 2.45) is 11.8 Å². The standard InChI is InChI=1S/C20H30N2O2/c1-3-15(2)22-20(24)18-11-9-17(10-12-18)19(23)21-14-13-16-7-5-4-6-8-16/h4-8,15,17-18H,3,9-14H2,1-2H3,(H,21,23)(H,22,24). The van der Waals surface area contributed by atoms with Gasteiger partial charge in [0, 0.05) is 24.4 Å². The molecule has 0 aliphatic heterocycles. The largest absolute Gasteiger partial charge is 0.356 e. The van der Waals surface area contributed by atoms with E-state index in [9.17, 15) is 9.59 Å². The van der Waals surface area contributed by atoms with Crippen LogP contribution in [-0.2, 0) is 16.0 Å². The Balaban J connectivity index is 1.68.